The Morgan fingerprint density at radius 2 is 1.59 bits per heavy atom. The van der Waals surface area contributed by atoms with Crippen LogP contribution in [0.15, 0.2) is 0 Å². The summed E-state index contributed by atoms with van der Waals surface area (Å²) in [6, 6.07) is 0. The number of phosphoric ester groups is 1. The maximum Gasteiger partial charge on any atom is 0.469 e. The number of halogens is 1. The van der Waals surface area contributed by atoms with Gasteiger partial charge in [-0.1, -0.05) is 62.1 Å². The smallest absolute Gasteiger partial charge is 0.303 e. The molecule has 0 heterocycles. The molecule has 0 amide bonds. The molecule has 0 unspecified atom stereocenters. The van der Waals surface area contributed by atoms with Crippen molar-refractivity contribution in [3.8, 4) is 0 Å². The summed E-state index contributed by atoms with van der Waals surface area (Å²) in [5, 5.41) is 0. The standard InChI is InChI=1S/C11H24IO4P/c1-3-5-7-11(12,8-6-4-2)9-10-16-17(13,14)15/h3-10H2,1-2H3,(H2,13,14,15). The lowest BCUT2D eigenvalue weighted by atomic mass is 9.93. The van der Waals surface area contributed by atoms with Gasteiger partial charge < -0.3 is 9.79 Å². The second-order valence-corrected chi connectivity index (χ2v) is 7.96. The highest BCUT2D eigenvalue weighted by molar-refractivity contribution is 14.1. The number of rotatable bonds is 10. The van der Waals surface area contributed by atoms with Gasteiger partial charge in [-0.3, -0.25) is 4.52 Å². The van der Waals surface area contributed by atoms with Gasteiger partial charge in [0.05, 0.1) is 6.61 Å². The topological polar surface area (TPSA) is 66.8 Å². The molecule has 0 saturated carbocycles. The van der Waals surface area contributed by atoms with Crippen LogP contribution in [0.2, 0.25) is 0 Å². The van der Waals surface area contributed by atoms with Gasteiger partial charge in [-0.05, 0) is 19.3 Å². The monoisotopic (exact) mass is 378 g/mol. The molecule has 0 spiro atoms. The van der Waals surface area contributed by atoms with Gasteiger partial charge >= 0.3 is 7.82 Å². The number of hydrogen-bond donors (Lipinski definition) is 2. The molecule has 0 atom stereocenters. The van der Waals surface area contributed by atoms with E-state index in [1.165, 1.54) is 0 Å². The minimum Gasteiger partial charge on any atom is -0.303 e. The first-order valence-electron chi connectivity index (χ1n) is 6.22. The Hall–Kier alpha value is 0.840. The average molecular weight is 378 g/mol. The maximum absolute atomic E-state index is 10.6. The van der Waals surface area contributed by atoms with Gasteiger partial charge in [-0.25, -0.2) is 4.57 Å². The fourth-order valence-electron chi connectivity index (χ4n) is 1.71. The first-order valence-corrected chi connectivity index (χ1v) is 8.83. The Labute approximate surface area is 118 Å². The van der Waals surface area contributed by atoms with E-state index in [1.54, 1.807) is 0 Å². The minimum atomic E-state index is -4.31. The van der Waals surface area contributed by atoms with Gasteiger partial charge in [0.2, 0.25) is 0 Å². The van der Waals surface area contributed by atoms with Gasteiger partial charge in [0.25, 0.3) is 0 Å². The predicted molar refractivity (Wildman–Crippen MR) is 78.4 cm³/mol. The molecule has 0 rings (SSSR count). The van der Waals surface area contributed by atoms with Crippen LogP contribution in [0.1, 0.15) is 58.8 Å². The van der Waals surface area contributed by atoms with Gasteiger partial charge in [-0.15, -0.1) is 0 Å². The van der Waals surface area contributed by atoms with Crippen molar-refractivity contribution in [3.05, 3.63) is 0 Å². The highest BCUT2D eigenvalue weighted by atomic mass is 127. The molecule has 4 nitrogen and oxygen atoms in total. The molecule has 0 aliphatic rings. The van der Waals surface area contributed by atoms with E-state index in [2.05, 4.69) is 41.0 Å². The molecule has 0 aliphatic carbocycles. The van der Waals surface area contributed by atoms with Gasteiger partial charge in [0, 0.05) is 3.42 Å². The number of alkyl halides is 1. The Morgan fingerprint density at radius 1 is 1.12 bits per heavy atom. The van der Waals surface area contributed by atoms with Crippen molar-refractivity contribution < 1.29 is 18.9 Å². The molecule has 0 radical (unpaired) electrons. The number of hydrogen-bond acceptors (Lipinski definition) is 2. The van der Waals surface area contributed by atoms with Crippen molar-refractivity contribution in [2.75, 3.05) is 6.61 Å². The van der Waals surface area contributed by atoms with Crippen molar-refractivity contribution in [2.45, 2.75) is 62.2 Å². The quantitative estimate of drug-likeness (QED) is 0.342. The van der Waals surface area contributed by atoms with Crippen LogP contribution in [-0.4, -0.2) is 19.8 Å². The summed E-state index contributed by atoms with van der Waals surface area (Å²) in [5.41, 5.74) is 0. The Kier molecular flexibility index (Phi) is 9.30. The van der Waals surface area contributed by atoms with E-state index in [9.17, 15) is 4.57 Å². The van der Waals surface area contributed by atoms with Gasteiger partial charge in [0.15, 0.2) is 0 Å². The average Bonchev–Trinajstić information content (AvgIpc) is 2.22. The van der Waals surface area contributed by atoms with Crippen molar-refractivity contribution in [1.82, 2.24) is 0 Å². The molecule has 0 saturated heterocycles. The number of phosphoric acid groups is 1. The van der Waals surface area contributed by atoms with Crippen LogP contribution in [-0.2, 0) is 9.09 Å². The normalized spacial score (nSPS) is 13.0. The molecule has 0 aromatic carbocycles. The van der Waals surface area contributed by atoms with Crippen LogP contribution in [0.4, 0.5) is 0 Å². The van der Waals surface area contributed by atoms with E-state index in [1.807, 2.05) is 0 Å². The summed E-state index contributed by atoms with van der Waals surface area (Å²) in [6.07, 6.45) is 7.50. The zero-order chi connectivity index (χ0) is 13.4. The van der Waals surface area contributed by atoms with Gasteiger partial charge in [0.1, 0.15) is 0 Å². The molecule has 0 aromatic heterocycles. The van der Waals surface area contributed by atoms with E-state index >= 15 is 0 Å². The largest absolute Gasteiger partial charge is 0.469 e. The Balaban J connectivity index is 4.12. The van der Waals surface area contributed by atoms with Crippen molar-refractivity contribution >= 4 is 30.4 Å². The molecule has 2 N–H and O–H groups in total. The molecule has 0 bridgehead atoms. The van der Waals surface area contributed by atoms with Crippen LogP contribution < -0.4 is 0 Å². The zero-order valence-electron chi connectivity index (χ0n) is 10.7. The zero-order valence-corrected chi connectivity index (χ0v) is 13.7. The summed E-state index contributed by atoms with van der Waals surface area (Å²) in [6.45, 7) is 4.45. The second-order valence-electron chi connectivity index (χ2n) is 4.43. The molecule has 17 heavy (non-hydrogen) atoms. The molecular weight excluding hydrogens is 354 g/mol. The fourth-order valence-corrected chi connectivity index (χ4v) is 3.02. The Morgan fingerprint density at radius 3 is 1.94 bits per heavy atom. The van der Waals surface area contributed by atoms with E-state index in [0.717, 1.165) is 38.5 Å². The summed E-state index contributed by atoms with van der Waals surface area (Å²) in [5.74, 6) is 0. The fraction of sp³-hybridized carbons (Fsp3) is 1.00. The van der Waals surface area contributed by atoms with Crippen LogP contribution in [0, 0.1) is 0 Å². The van der Waals surface area contributed by atoms with Crippen LogP contribution >= 0.6 is 30.4 Å². The molecule has 6 heteroatoms. The third-order valence-electron chi connectivity index (χ3n) is 2.77. The maximum atomic E-state index is 10.6. The minimum absolute atomic E-state index is 0.124. The van der Waals surface area contributed by atoms with Crippen molar-refractivity contribution in [2.24, 2.45) is 0 Å². The summed E-state index contributed by atoms with van der Waals surface area (Å²) < 4.78 is 15.3. The lowest BCUT2D eigenvalue weighted by Gasteiger charge is -2.27. The molecule has 104 valence electrons. The molecule has 0 aromatic rings. The second kappa shape index (κ2) is 8.86. The van der Waals surface area contributed by atoms with Crippen molar-refractivity contribution in [3.63, 3.8) is 0 Å². The summed E-state index contributed by atoms with van der Waals surface area (Å²) >= 11 is 2.44. The predicted octanol–water partition coefficient (Wildman–Crippen LogP) is 4.04. The van der Waals surface area contributed by atoms with E-state index in [-0.39, 0.29) is 10.0 Å². The molecule has 0 aliphatic heterocycles. The highest BCUT2D eigenvalue weighted by Gasteiger charge is 2.26. The third kappa shape index (κ3) is 10.4. The Bertz CT molecular complexity index is 234. The van der Waals surface area contributed by atoms with Gasteiger partial charge in [-0.2, -0.15) is 0 Å². The summed E-state index contributed by atoms with van der Waals surface area (Å²) in [4.78, 5) is 17.3. The number of unbranched alkanes of at least 4 members (excludes halogenated alkanes) is 2. The van der Waals surface area contributed by atoms with E-state index in [0.29, 0.717) is 6.42 Å². The summed E-state index contributed by atoms with van der Waals surface area (Å²) in [7, 11) is -4.31. The van der Waals surface area contributed by atoms with E-state index in [4.69, 9.17) is 9.79 Å². The van der Waals surface area contributed by atoms with Crippen LogP contribution in [0.25, 0.3) is 0 Å². The lowest BCUT2D eigenvalue weighted by molar-refractivity contribution is 0.187. The van der Waals surface area contributed by atoms with Crippen molar-refractivity contribution in [1.29, 1.82) is 0 Å². The van der Waals surface area contributed by atoms with Crippen LogP contribution in [0.5, 0.6) is 0 Å². The highest BCUT2D eigenvalue weighted by Crippen LogP contribution is 2.39. The third-order valence-corrected chi connectivity index (χ3v) is 4.90. The van der Waals surface area contributed by atoms with Crippen LogP contribution in [0.3, 0.4) is 0 Å². The first kappa shape index (κ1) is 17.8. The lowest BCUT2D eigenvalue weighted by Crippen LogP contribution is -2.22. The SMILES string of the molecule is CCCCC(I)(CCCC)CCOP(=O)(O)O. The first-order chi connectivity index (χ1) is 7.83. The molecular formula is C11H24IO4P. The van der Waals surface area contributed by atoms with E-state index < -0.39 is 7.82 Å². The molecule has 0 fully saturated rings.